The van der Waals surface area contributed by atoms with E-state index in [9.17, 15) is 9.59 Å². The van der Waals surface area contributed by atoms with Gasteiger partial charge in [-0.1, -0.05) is 35.5 Å². The zero-order valence-corrected chi connectivity index (χ0v) is 16.2. The van der Waals surface area contributed by atoms with Gasteiger partial charge in [-0.2, -0.15) is 0 Å². The van der Waals surface area contributed by atoms with E-state index >= 15 is 0 Å². The van der Waals surface area contributed by atoms with Crippen LogP contribution in [0.25, 0.3) is 11.3 Å². The molecule has 0 spiro atoms. The van der Waals surface area contributed by atoms with Crippen LogP contribution >= 0.6 is 23.4 Å². The van der Waals surface area contributed by atoms with Crippen LogP contribution in [0.2, 0.25) is 5.02 Å². The summed E-state index contributed by atoms with van der Waals surface area (Å²) in [6, 6.07) is 14.6. The van der Waals surface area contributed by atoms with E-state index in [-0.39, 0.29) is 11.5 Å². The molecule has 8 heteroatoms. The summed E-state index contributed by atoms with van der Waals surface area (Å²) in [5.74, 6) is -0.145. The molecule has 0 radical (unpaired) electrons. The molecule has 1 N–H and O–H groups in total. The van der Waals surface area contributed by atoms with Gasteiger partial charge in [-0.3, -0.25) is 14.6 Å². The molecule has 2 aromatic carbocycles. The Bertz CT molecular complexity index is 1100. The summed E-state index contributed by atoms with van der Waals surface area (Å²) >= 11 is 7.38. The lowest BCUT2D eigenvalue weighted by atomic mass is 10.0. The number of nitrogens with zero attached hydrogens (tertiary/aromatic N) is 3. The van der Waals surface area contributed by atoms with Crippen molar-refractivity contribution in [2.75, 3.05) is 11.2 Å². The van der Waals surface area contributed by atoms with E-state index in [2.05, 4.69) is 10.1 Å². The van der Waals surface area contributed by atoms with E-state index in [1.807, 2.05) is 42.7 Å². The molecule has 1 aliphatic rings. The molecule has 1 atom stereocenters. The van der Waals surface area contributed by atoms with Crippen molar-refractivity contribution in [3.05, 3.63) is 69.5 Å². The molecular formula is C19H16ClN4O2S+. The number of hydrogen-bond acceptors (Lipinski definition) is 4. The third-order valence-corrected chi connectivity index (χ3v) is 5.28. The summed E-state index contributed by atoms with van der Waals surface area (Å²) in [5.41, 5.74) is 2.32. The van der Waals surface area contributed by atoms with Crippen LogP contribution in [0.5, 0.6) is 0 Å². The first kappa shape index (κ1) is 17.8. The highest BCUT2D eigenvalue weighted by Gasteiger charge is 2.44. The zero-order valence-electron chi connectivity index (χ0n) is 14.6. The molecule has 136 valence electrons. The van der Waals surface area contributed by atoms with Gasteiger partial charge in [0, 0.05) is 22.6 Å². The highest BCUT2D eigenvalue weighted by molar-refractivity contribution is 7.98. The van der Waals surface area contributed by atoms with Crippen LogP contribution in [0.15, 0.2) is 58.5 Å². The highest BCUT2D eigenvalue weighted by atomic mass is 35.5. The van der Waals surface area contributed by atoms with Crippen LogP contribution in [0.4, 0.5) is 5.69 Å². The highest BCUT2D eigenvalue weighted by Crippen LogP contribution is 2.37. The predicted molar refractivity (Wildman–Crippen MR) is 105 cm³/mol. The average molecular weight is 400 g/mol. The van der Waals surface area contributed by atoms with Crippen LogP contribution < -0.4 is 15.1 Å². The summed E-state index contributed by atoms with van der Waals surface area (Å²) in [7, 11) is 0. The fourth-order valence-corrected chi connectivity index (χ4v) is 3.83. The van der Waals surface area contributed by atoms with Gasteiger partial charge in [-0.05, 0) is 47.3 Å². The maximum absolute atomic E-state index is 12.9. The van der Waals surface area contributed by atoms with Crippen molar-refractivity contribution in [3.8, 4) is 11.3 Å². The van der Waals surface area contributed by atoms with Gasteiger partial charge in [-0.15, -0.1) is 0 Å². The Morgan fingerprint density at radius 1 is 1.22 bits per heavy atom. The molecule has 0 fully saturated rings. The monoisotopic (exact) mass is 399 g/mol. The van der Waals surface area contributed by atoms with Gasteiger partial charge in [0.05, 0.1) is 11.3 Å². The van der Waals surface area contributed by atoms with Gasteiger partial charge in [0.2, 0.25) is 11.1 Å². The first-order valence-corrected chi connectivity index (χ1v) is 9.86. The number of fused-ring (bicyclic) bond motifs is 3. The molecule has 0 saturated heterocycles. The number of thioether (sulfide) groups is 1. The second-order valence-corrected chi connectivity index (χ2v) is 7.32. The number of nitrogens with one attached hydrogen (secondary N) is 1. The SMILES string of the molecule is CSc1n[n+]2c(c(=O)[nH]1)-c1ccccc1N(C(C)=O)C2c1ccc(Cl)cc1. The summed E-state index contributed by atoms with van der Waals surface area (Å²) in [6.45, 7) is 1.51. The minimum Gasteiger partial charge on any atom is -0.291 e. The first-order valence-electron chi connectivity index (χ1n) is 8.26. The van der Waals surface area contributed by atoms with Crippen molar-refractivity contribution in [1.29, 1.82) is 0 Å². The minimum absolute atomic E-state index is 0.145. The lowest BCUT2D eigenvalue weighted by Crippen LogP contribution is -2.60. The molecule has 6 nitrogen and oxygen atoms in total. The largest absolute Gasteiger partial charge is 0.325 e. The topological polar surface area (TPSA) is 69.9 Å². The van der Waals surface area contributed by atoms with Gasteiger partial charge in [-0.25, -0.2) is 4.90 Å². The number of H-pyrrole nitrogens is 1. The Balaban J connectivity index is 2.08. The molecule has 2 heterocycles. The Morgan fingerprint density at radius 2 is 1.93 bits per heavy atom. The summed E-state index contributed by atoms with van der Waals surface area (Å²) in [6.07, 6.45) is 1.25. The van der Waals surface area contributed by atoms with E-state index in [1.54, 1.807) is 21.7 Å². The Hall–Kier alpha value is -2.64. The van der Waals surface area contributed by atoms with Crippen LogP contribution in [0.3, 0.4) is 0 Å². The predicted octanol–water partition coefficient (Wildman–Crippen LogP) is 3.01. The lowest BCUT2D eigenvalue weighted by Gasteiger charge is -2.31. The third-order valence-electron chi connectivity index (χ3n) is 4.46. The molecule has 27 heavy (non-hydrogen) atoms. The van der Waals surface area contributed by atoms with E-state index < -0.39 is 6.17 Å². The van der Waals surface area contributed by atoms with Gasteiger partial charge in [0.1, 0.15) is 0 Å². The maximum Gasteiger partial charge on any atom is 0.325 e. The van der Waals surface area contributed by atoms with Gasteiger partial charge in [0.25, 0.3) is 6.17 Å². The summed E-state index contributed by atoms with van der Waals surface area (Å²) in [5, 5.41) is 5.67. The quantitative estimate of drug-likeness (QED) is 0.531. The van der Waals surface area contributed by atoms with E-state index in [4.69, 9.17) is 11.6 Å². The average Bonchev–Trinajstić information content (AvgIpc) is 2.67. The van der Waals surface area contributed by atoms with Crippen molar-refractivity contribution in [2.45, 2.75) is 18.2 Å². The number of para-hydroxylation sites is 1. The van der Waals surface area contributed by atoms with Gasteiger partial charge in [0.15, 0.2) is 0 Å². The molecule has 0 aliphatic carbocycles. The number of carbonyl (C=O) groups excluding carboxylic acids is 1. The second-order valence-electron chi connectivity index (χ2n) is 6.09. The number of anilines is 1. The number of rotatable bonds is 2. The number of aromatic amines is 1. The number of halogens is 1. The molecule has 1 unspecified atom stereocenters. The first-order chi connectivity index (χ1) is 13.0. The second kappa shape index (κ2) is 6.83. The van der Waals surface area contributed by atoms with Crippen LogP contribution in [0.1, 0.15) is 18.7 Å². The van der Waals surface area contributed by atoms with E-state index in [0.717, 1.165) is 5.56 Å². The zero-order chi connectivity index (χ0) is 19.1. The lowest BCUT2D eigenvalue weighted by molar-refractivity contribution is -0.763. The number of amides is 1. The third kappa shape index (κ3) is 2.93. The Morgan fingerprint density at radius 3 is 2.59 bits per heavy atom. The fraction of sp³-hybridized carbons (Fsp3) is 0.158. The van der Waals surface area contributed by atoms with E-state index in [0.29, 0.717) is 27.1 Å². The number of benzene rings is 2. The maximum atomic E-state index is 12.9. The Labute approximate surface area is 164 Å². The Kier molecular flexibility index (Phi) is 4.49. The fourth-order valence-electron chi connectivity index (χ4n) is 3.34. The molecule has 1 amide bonds. The summed E-state index contributed by atoms with van der Waals surface area (Å²) < 4.78 is 1.62. The van der Waals surface area contributed by atoms with Crippen molar-refractivity contribution in [3.63, 3.8) is 0 Å². The molecule has 3 aromatic rings. The number of aromatic nitrogens is 3. The minimum atomic E-state index is -0.585. The normalized spacial score (nSPS) is 15.2. The molecule has 1 aromatic heterocycles. The van der Waals surface area contributed by atoms with Gasteiger partial charge >= 0.3 is 11.3 Å². The molecular weight excluding hydrogens is 384 g/mol. The summed E-state index contributed by atoms with van der Waals surface area (Å²) in [4.78, 5) is 29.9. The smallest absolute Gasteiger partial charge is 0.291 e. The van der Waals surface area contributed by atoms with Crippen molar-refractivity contribution in [2.24, 2.45) is 0 Å². The molecule has 0 saturated carbocycles. The van der Waals surface area contributed by atoms with Crippen molar-refractivity contribution >= 4 is 35.0 Å². The molecule has 1 aliphatic heterocycles. The van der Waals surface area contributed by atoms with Crippen LogP contribution in [-0.4, -0.2) is 22.2 Å². The van der Waals surface area contributed by atoms with Crippen molar-refractivity contribution in [1.82, 2.24) is 10.1 Å². The van der Waals surface area contributed by atoms with Crippen LogP contribution in [-0.2, 0) is 4.79 Å². The number of carbonyl (C=O) groups is 1. The molecule has 4 rings (SSSR count). The molecule has 0 bridgehead atoms. The van der Waals surface area contributed by atoms with Crippen molar-refractivity contribution < 1.29 is 9.48 Å². The standard InChI is InChI=1S/C19H15ClN4O2S/c1-11(25)23-15-6-4-3-5-14(15)16-17(26)21-19(27-2)22-24(16)18(23)12-7-9-13(20)10-8-12/h3-10,18H,1-2H3/p+1. The van der Waals surface area contributed by atoms with Gasteiger partial charge < -0.3 is 0 Å². The van der Waals surface area contributed by atoms with E-state index in [1.165, 1.54) is 18.7 Å². The van der Waals surface area contributed by atoms with Crippen LogP contribution in [0, 0.1) is 0 Å². The number of hydrogen-bond donors (Lipinski definition) is 1.